The second-order valence-corrected chi connectivity index (χ2v) is 5.20. The molecule has 1 amide bonds. The highest BCUT2D eigenvalue weighted by Gasteiger charge is 2.29. The largest absolute Gasteiger partial charge is 0.379 e. The summed E-state index contributed by atoms with van der Waals surface area (Å²) in [5, 5.41) is 3.68. The Morgan fingerprint density at radius 1 is 1.33 bits per heavy atom. The van der Waals surface area contributed by atoms with Crippen LogP contribution in [0.15, 0.2) is 18.2 Å². The van der Waals surface area contributed by atoms with Gasteiger partial charge in [0.1, 0.15) is 0 Å². The van der Waals surface area contributed by atoms with Crippen molar-refractivity contribution in [1.29, 1.82) is 0 Å². The van der Waals surface area contributed by atoms with Crippen molar-refractivity contribution in [3.8, 4) is 0 Å². The molecule has 0 spiro atoms. The third kappa shape index (κ3) is 2.79. The van der Waals surface area contributed by atoms with E-state index < -0.39 is 0 Å². The molecule has 0 bridgehead atoms. The van der Waals surface area contributed by atoms with E-state index >= 15 is 0 Å². The van der Waals surface area contributed by atoms with Gasteiger partial charge in [-0.3, -0.25) is 4.79 Å². The number of halogens is 2. The fourth-order valence-electron chi connectivity index (χ4n) is 2.33. The van der Waals surface area contributed by atoms with Crippen LogP contribution in [0.3, 0.4) is 0 Å². The maximum Gasteiger partial charge on any atom is 0.254 e. The van der Waals surface area contributed by atoms with Crippen LogP contribution in [0.25, 0.3) is 0 Å². The highest BCUT2D eigenvalue weighted by atomic mass is 35.5. The molecule has 0 aliphatic heterocycles. The lowest BCUT2D eigenvalue weighted by molar-refractivity contribution is 0.0722. The number of hydrogen-bond acceptors (Lipinski definition) is 2. The Labute approximate surface area is 116 Å². The Kier molecular flexibility index (Phi) is 4.49. The lowest BCUT2D eigenvalue weighted by atomic mass is 10.1. The summed E-state index contributed by atoms with van der Waals surface area (Å²) >= 11 is 12.0. The zero-order valence-electron chi connectivity index (χ0n) is 10.1. The summed E-state index contributed by atoms with van der Waals surface area (Å²) in [6.07, 6.45) is 3.03. The SMILES string of the molecule is CO[C@H]1CCC[C@H]1NC(=O)c1c(Cl)cccc1Cl. The van der Waals surface area contributed by atoms with E-state index in [1.807, 2.05) is 0 Å². The molecule has 1 aromatic carbocycles. The third-order valence-corrected chi connectivity index (χ3v) is 3.89. The molecule has 1 saturated carbocycles. The van der Waals surface area contributed by atoms with Crippen molar-refractivity contribution in [3.05, 3.63) is 33.8 Å². The summed E-state index contributed by atoms with van der Waals surface area (Å²) in [6, 6.07) is 5.07. The summed E-state index contributed by atoms with van der Waals surface area (Å²) in [6.45, 7) is 0. The van der Waals surface area contributed by atoms with E-state index in [-0.39, 0.29) is 18.1 Å². The predicted molar refractivity (Wildman–Crippen MR) is 72.4 cm³/mol. The molecule has 0 heterocycles. The highest BCUT2D eigenvalue weighted by molar-refractivity contribution is 6.39. The fourth-order valence-corrected chi connectivity index (χ4v) is 2.90. The molecule has 1 N–H and O–H groups in total. The number of amides is 1. The second-order valence-electron chi connectivity index (χ2n) is 4.38. The number of nitrogens with one attached hydrogen (secondary N) is 1. The van der Waals surface area contributed by atoms with Gasteiger partial charge >= 0.3 is 0 Å². The molecule has 5 heteroatoms. The molecule has 0 saturated heterocycles. The molecule has 1 aliphatic rings. The number of benzene rings is 1. The van der Waals surface area contributed by atoms with Crippen molar-refractivity contribution >= 4 is 29.1 Å². The maximum atomic E-state index is 12.2. The predicted octanol–water partition coefficient (Wildman–Crippen LogP) is 3.29. The molecule has 1 aliphatic carbocycles. The monoisotopic (exact) mass is 287 g/mol. The Morgan fingerprint density at radius 3 is 2.61 bits per heavy atom. The number of carbonyl (C=O) groups is 1. The van der Waals surface area contributed by atoms with Crippen LogP contribution in [0, 0.1) is 0 Å². The van der Waals surface area contributed by atoms with Crippen molar-refractivity contribution in [3.63, 3.8) is 0 Å². The first-order chi connectivity index (χ1) is 8.63. The van der Waals surface area contributed by atoms with E-state index in [0.717, 1.165) is 19.3 Å². The van der Waals surface area contributed by atoms with E-state index in [1.54, 1.807) is 25.3 Å². The average molecular weight is 288 g/mol. The van der Waals surface area contributed by atoms with Crippen molar-refractivity contribution in [2.24, 2.45) is 0 Å². The molecule has 2 rings (SSSR count). The third-order valence-electron chi connectivity index (χ3n) is 3.26. The average Bonchev–Trinajstić information content (AvgIpc) is 2.76. The van der Waals surface area contributed by atoms with Gasteiger partial charge in [0.05, 0.1) is 27.8 Å². The van der Waals surface area contributed by atoms with Crippen LogP contribution in [0.2, 0.25) is 10.0 Å². The van der Waals surface area contributed by atoms with E-state index in [9.17, 15) is 4.79 Å². The van der Waals surface area contributed by atoms with Gasteiger partial charge in [0, 0.05) is 7.11 Å². The molecular weight excluding hydrogens is 273 g/mol. The first-order valence-corrected chi connectivity index (χ1v) is 6.66. The van der Waals surface area contributed by atoms with Crippen LogP contribution in [0.5, 0.6) is 0 Å². The number of carbonyl (C=O) groups excluding carboxylic acids is 1. The van der Waals surface area contributed by atoms with Crippen molar-refractivity contribution in [1.82, 2.24) is 5.32 Å². The standard InChI is InChI=1S/C13H15Cl2NO2/c1-18-11-7-3-6-10(11)16-13(17)12-8(14)4-2-5-9(12)15/h2,4-5,10-11H,3,6-7H2,1H3,(H,16,17)/t10-,11+/m1/s1. The minimum absolute atomic E-state index is 0.0369. The molecule has 98 valence electrons. The second kappa shape index (κ2) is 5.91. The number of ether oxygens (including phenoxy) is 1. The van der Waals surface area contributed by atoms with Gasteiger partial charge in [0.25, 0.3) is 5.91 Å². The van der Waals surface area contributed by atoms with Crippen molar-refractivity contribution < 1.29 is 9.53 Å². The topological polar surface area (TPSA) is 38.3 Å². The Hall–Kier alpha value is -0.770. The van der Waals surface area contributed by atoms with E-state index in [2.05, 4.69) is 5.32 Å². The molecule has 0 aromatic heterocycles. The van der Waals surface area contributed by atoms with Gasteiger partial charge in [-0.2, -0.15) is 0 Å². The van der Waals surface area contributed by atoms with Crippen molar-refractivity contribution in [2.75, 3.05) is 7.11 Å². The quantitative estimate of drug-likeness (QED) is 0.926. The molecule has 0 unspecified atom stereocenters. The van der Waals surface area contributed by atoms with Gasteiger partial charge in [-0.25, -0.2) is 0 Å². The van der Waals surface area contributed by atoms with E-state index in [1.165, 1.54) is 0 Å². The molecule has 1 fully saturated rings. The van der Waals surface area contributed by atoms with Gasteiger partial charge in [-0.1, -0.05) is 29.3 Å². The van der Waals surface area contributed by atoms with Crippen LogP contribution in [-0.2, 0) is 4.74 Å². The maximum absolute atomic E-state index is 12.2. The van der Waals surface area contributed by atoms with E-state index in [4.69, 9.17) is 27.9 Å². The Morgan fingerprint density at radius 2 is 2.00 bits per heavy atom. The lowest BCUT2D eigenvalue weighted by Gasteiger charge is -2.20. The number of rotatable bonds is 3. The summed E-state index contributed by atoms with van der Waals surface area (Å²) in [5.74, 6) is -0.237. The molecule has 2 atom stereocenters. The summed E-state index contributed by atoms with van der Waals surface area (Å²) in [5.41, 5.74) is 0.336. The molecular formula is C13H15Cl2NO2. The van der Waals surface area contributed by atoms with Crippen LogP contribution < -0.4 is 5.32 Å². The smallest absolute Gasteiger partial charge is 0.254 e. The number of hydrogen-bond donors (Lipinski definition) is 1. The summed E-state index contributed by atoms with van der Waals surface area (Å²) in [7, 11) is 1.66. The molecule has 0 radical (unpaired) electrons. The van der Waals surface area contributed by atoms with E-state index in [0.29, 0.717) is 15.6 Å². The molecule has 3 nitrogen and oxygen atoms in total. The van der Waals surface area contributed by atoms with Gasteiger partial charge in [-0.05, 0) is 31.4 Å². The van der Waals surface area contributed by atoms with Gasteiger partial charge in [-0.15, -0.1) is 0 Å². The summed E-state index contributed by atoms with van der Waals surface area (Å²) in [4.78, 5) is 12.2. The molecule has 1 aromatic rings. The van der Waals surface area contributed by atoms with Crippen LogP contribution in [0.4, 0.5) is 0 Å². The lowest BCUT2D eigenvalue weighted by Crippen LogP contribution is -2.40. The minimum atomic E-state index is -0.237. The van der Waals surface area contributed by atoms with Crippen molar-refractivity contribution in [2.45, 2.75) is 31.4 Å². The first kappa shape index (κ1) is 13.7. The Bertz CT molecular complexity index is 430. The van der Waals surface area contributed by atoms with Gasteiger partial charge in [0.15, 0.2) is 0 Å². The number of methoxy groups -OCH3 is 1. The summed E-state index contributed by atoms with van der Waals surface area (Å²) < 4.78 is 5.34. The van der Waals surface area contributed by atoms with Gasteiger partial charge < -0.3 is 10.1 Å². The first-order valence-electron chi connectivity index (χ1n) is 5.91. The normalized spacial score (nSPS) is 23.1. The van der Waals surface area contributed by atoms with Crippen LogP contribution >= 0.6 is 23.2 Å². The zero-order valence-corrected chi connectivity index (χ0v) is 11.6. The van der Waals surface area contributed by atoms with Crippen LogP contribution in [-0.4, -0.2) is 25.2 Å². The van der Waals surface area contributed by atoms with Crippen LogP contribution in [0.1, 0.15) is 29.6 Å². The minimum Gasteiger partial charge on any atom is -0.379 e. The van der Waals surface area contributed by atoms with Gasteiger partial charge in [0.2, 0.25) is 0 Å². The highest BCUT2D eigenvalue weighted by Crippen LogP contribution is 2.26. The Balaban J connectivity index is 2.12. The zero-order chi connectivity index (χ0) is 13.1. The fraction of sp³-hybridized carbons (Fsp3) is 0.462. The molecule has 18 heavy (non-hydrogen) atoms.